The first kappa shape index (κ1) is 27.9. The van der Waals surface area contributed by atoms with Gasteiger partial charge in [0, 0.05) is 76.2 Å². The molecule has 2 saturated heterocycles. The van der Waals surface area contributed by atoms with Crippen LogP contribution in [0.3, 0.4) is 0 Å². The zero-order valence-electron chi connectivity index (χ0n) is 22.8. The number of carbonyl (C=O) groups excluding carboxylic acids is 2. The number of likely N-dealkylation sites (N-methyl/N-ethyl adjacent to an activating group) is 2. The van der Waals surface area contributed by atoms with E-state index in [2.05, 4.69) is 51.1 Å². The molecule has 0 radical (unpaired) electrons. The third-order valence-electron chi connectivity index (χ3n) is 7.35. The number of hydrogen-bond donors (Lipinski definition) is 1. The molecular formula is C29H40FN5O3. The summed E-state index contributed by atoms with van der Waals surface area (Å²) in [6.07, 6.45) is 2.07. The number of amides is 1. The molecule has 38 heavy (non-hydrogen) atoms. The summed E-state index contributed by atoms with van der Waals surface area (Å²) in [6.45, 7) is 9.39. The number of piperazine rings is 2. The maximum atomic E-state index is 14.3. The van der Waals surface area contributed by atoms with Crippen molar-refractivity contribution < 1.29 is 18.7 Å². The topological polar surface area (TPSA) is 68.4 Å². The van der Waals surface area contributed by atoms with Gasteiger partial charge in [0.2, 0.25) is 0 Å². The van der Waals surface area contributed by atoms with Gasteiger partial charge in [-0.05, 0) is 62.8 Å². The van der Waals surface area contributed by atoms with Crippen LogP contribution >= 0.6 is 0 Å². The maximum Gasteiger partial charge on any atom is 0.265 e. The number of anilines is 3. The SMILES string of the molecule is CCC=O.CN1CCN(c2ccc(NC(=O)C3CCc4cc(F)cc(N5CCN(C)CC5)c4O3)cc2)CC1. The van der Waals surface area contributed by atoms with Crippen LogP contribution in [0, 0.1) is 5.82 Å². The Bertz CT molecular complexity index is 1080. The van der Waals surface area contributed by atoms with Crippen LogP contribution < -0.4 is 19.9 Å². The molecule has 8 nitrogen and oxygen atoms in total. The molecule has 0 spiro atoms. The minimum atomic E-state index is -0.596. The highest BCUT2D eigenvalue weighted by Gasteiger charge is 2.31. The summed E-state index contributed by atoms with van der Waals surface area (Å²) in [7, 11) is 4.24. The molecule has 2 aromatic rings. The molecule has 2 aromatic carbocycles. The molecule has 3 aliphatic rings. The number of aldehydes is 1. The molecule has 9 heteroatoms. The standard InChI is InChI=1S/C26H34FN5O2.C3H6O/c1-29-9-13-31(14-10-29)22-6-4-21(5-7-22)28-26(33)24-8-3-19-17-20(27)18-23(25(19)34-24)32-15-11-30(2)12-16-32;1-2-3-4/h4-7,17-18,24H,3,8-16H2,1-2H3,(H,28,33);3H,2H2,1H3. The second-order valence-corrected chi connectivity index (χ2v) is 10.3. The Morgan fingerprint density at radius 3 is 2.13 bits per heavy atom. The van der Waals surface area contributed by atoms with Crippen LogP contribution in [0.4, 0.5) is 21.5 Å². The average molecular weight is 526 g/mol. The summed E-state index contributed by atoms with van der Waals surface area (Å²) in [5.41, 5.74) is 3.54. The number of rotatable bonds is 5. The Balaban J connectivity index is 0.000000786. The summed E-state index contributed by atoms with van der Waals surface area (Å²) in [4.78, 5) is 31.3. The Labute approximate surface area is 225 Å². The Kier molecular flexibility index (Phi) is 9.58. The summed E-state index contributed by atoms with van der Waals surface area (Å²) in [5.74, 6) is 0.244. The lowest BCUT2D eigenvalue weighted by molar-refractivity contribution is -0.123. The van der Waals surface area contributed by atoms with Crippen molar-refractivity contribution in [1.82, 2.24) is 9.80 Å². The van der Waals surface area contributed by atoms with Crippen molar-refractivity contribution in [1.29, 1.82) is 0 Å². The van der Waals surface area contributed by atoms with Gasteiger partial charge in [-0.25, -0.2) is 4.39 Å². The summed E-state index contributed by atoms with van der Waals surface area (Å²) < 4.78 is 20.6. The van der Waals surface area contributed by atoms with E-state index in [9.17, 15) is 14.0 Å². The molecule has 0 bridgehead atoms. The Morgan fingerprint density at radius 1 is 0.974 bits per heavy atom. The van der Waals surface area contributed by atoms with Crippen molar-refractivity contribution in [3.8, 4) is 5.75 Å². The van der Waals surface area contributed by atoms with Crippen molar-refractivity contribution in [2.45, 2.75) is 32.3 Å². The van der Waals surface area contributed by atoms with Crippen LogP contribution in [-0.2, 0) is 16.0 Å². The van der Waals surface area contributed by atoms with Gasteiger partial charge in [0.15, 0.2) is 6.10 Å². The molecular weight excluding hydrogens is 485 g/mol. The number of benzene rings is 2. The second-order valence-electron chi connectivity index (χ2n) is 10.3. The number of nitrogens with zero attached hydrogens (tertiary/aromatic N) is 4. The fourth-order valence-corrected chi connectivity index (χ4v) is 4.95. The highest BCUT2D eigenvalue weighted by molar-refractivity contribution is 5.95. The van der Waals surface area contributed by atoms with Crippen LogP contribution in [0.5, 0.6) is 5.75 Å². The zero-order valence-corrected chi connectivity index (χ0v) is 22.8. The first-order valence-electron chi connectivity index (χ1n) is 13.6. The molecule has 1 amide bonds. The predicted octanol–water partition coefficient (Wildman–Crippen LogP) is 3.26. The van der Waals surface area contributed by atoms with Crippen LogP contribution in [0.15, 0.2) is 36.4 Å². The number of carbonyl (C=O) groups is 2. The number of ether oxygens (including phenoxy) is 1. The normalized spacial score (nSPS) is 20.1. The molecule has 3 aliphatic heterocycles. The Morgan fingerprint density at radius 2 is 1.55 bits per heavy atom. The van der Waals surface area contributed by atoms with Crippen molar-refractivity contribution in [3.63, 3.8) is 0 Å². The minimum absolute atomic E-state index is 0.161. The third-order valence-corrected chi connectivity index (χ3v) is 7.35. The van der Waals surface area contributed by atoms with Crippen LogP contribution in [0.25, 0.3) is 0 Å². The molecule has 5 rings (SSSR count). The lowest BCUT2D eigenvalue weighted by Gasteiger charge is -2.37. The largest absolute Gasteiger partial charge is 0.478 e. The van der Waals surface area contributed by atoms with Gasteiger partial charge in [-0.2, -0.15) is 0 Å². The third kappa shape index (κ3) is 7.02. The molecule has 0 saturated carbocycles. The monoisotopic (exact) mass is 525 g/mol. The molecule has 1 unspecified atom stereocenters. The fraction of sp³-hybridized carbons (Fsp3) is 0.517. The number of hydrogen-bond acceptors (Lipinski definition) is 7. The highest BCUT2D eigenvalue weighted by atomic mass is 19.1. The van der Waals surface area contributed by atoms with Crippen molar-refractivity contribution >= 4 is 29.3 Å². The predicted molar refractivity (Wildman–Crippen MR) is 150 cm³/mol. The summed E-state index contributed by atoms with van der Waals surface area (Å²) in [6, 6.07) is 11.1. The Hall–Kier alpha value is -3.17. The van der Waals surface area contributed by atoms with Gasteiger partial charge >= 0.3 is 0 Å². The van der Waals surface area contributed by atoms with Gasteiger partial charge in [0.1, 0.15) is 17.9 Å². The van der Waals surface area contributed by atoms with Gasteiger partial charge in [-0.15, -0.1) is 0 Å². The van der Waals surface area contributed by atoms with Crippen LogP contribution in [0.1, 0.15) is 25.3 Å². The molecule has 1 N–H and O–H groups in total. The van der Waals surface area contributed by atoms with E-state index in [1.54, 1.807) is 12.1 Å². The van der Waals surface area contributed by atoms with Crippen molar-refractivity contribution in [2.24, 2.45) is 0 Å². The van der Waals surface area contributed by atoms with Crippen molar-refractivity contribution in [3.05, 3.63) is 47.8 Å². The molecule has 0 aromatic heterocycles. The molecule has 1 atom stereocenters. The van der Waals surface area contributed by atoms with Crippen molar-refractivity contribution in [2.75, 3.05) is 81.6 Å². The van der Waals surface area contributed by atoms with Gasteiger partial charge in [0.05, 0.1) is 5.69 Å². The fourth-order valence-electron chi connectivity index (χ4n) is 4.95. The van der Waals surface area contributed by atoms with Gasteiger partial charge in [-0.3, -0.25) is 4.79 Å². The average Bonchev–Trinajstić information content (AvgIpc) is 2.94. The number of halogens is 1. The van der Waals surface area contributed by atoms with E-state index in [1.807, 2.05) is 19.1 Å². The summed E-state index contributed by atoms with van der Waals surface area (Å²) in [5, 5.41) is 3.01. The van der Waals surface area contributed by atoms with E-state index in [4.69, 9.17) is 4.74 Å². The van der Waals surface area contributed by atoms with Crippen LogP contribution in [-0.4, -0.2) is 94.6 Å². The van der Waals surface area contributed by atoms with Gasteiger partial charge < -0.3 is 34.4 Å². The van der Waals surface area contributed by atoms with E-state index in [-0.39, 0.29) is 11.7 Å². The lowest BCUT2D eigenvalue weighted by atomic mass is 9.99. The number of aryl methyl sites for hydroxylation is 1. The smallest absolute Gasteiger partial charge is 0.265 e. The second kappa shape index (κ2) is 13.1. The molecule has 206 valence electrons. The minimum Gasteiger partial charge on any atom is -0.478 e. The van der Waals surface area contributed by atoms with E-state index in [1.165, 1.54) is 5.69 Å². The van der Waals surface area contributed by atoms with Crippen LogP contribution in [0.2, 0.25) is 0 Å². The van der Waals surface area contributed by atoms with E-state index >= 15 is 0 Å². The van der Waals surface area contributed by atoms with E-state index in [0.717, 1.165) is 75.6 Å². The van der Waals surface area contributed by atoms with E-state index < -0.39 is 6.10 Å². The number of fused-ring (bicyclic) bond motifs is 1. The quantitative estimate of drug-likeness (QED) is 0.601. The lowest BCUT2D eigenvalue weighted by Crippen LogP contribution is -2.45. The summed E-state index contributed by atoms with van der Waals surface area (Å²) >= 11 is 0. The maximum absolute atomic E-state index is 14.3. The van der Waals surface area contributed by atoms with Gasteiger partial charge in [0.25, 0.3) is 5.91 Å². The first-order chi connectivity index (χ1) is 18.4. The van der Waals surface area contributed by atoms with E-state index in [0.29, 0.717) is 25.0 Å². The number of nitrogens with one attached hydrogen (secondary N) is 1. The highest BCUT2D eigenvalue weighted by Crippen LogP contribution is 2.39. The molecule has 2 fully saturated rings. The first-order valence-corrected chi connectivity index (χ1v) is 13.6. The molecule has 3 heterocycles. The molecule has 0 aliphatic carbocycles. The van der Waals surface area contributed by atoms with Gasteiger partial charge in [-0.1, -0.05) is 6.92 Å². The zero-order chi connectivity index (χ0) is 27.1.